The van der Waals surface area contributed by atoms with E-state index in [4.69, 9.17) is 0 Å². The standard InChI is InChI=1S/C23H32N6O2/c1-15(2)18-5-6-19(24-14-18)22(30)25-13-17-9-11-29(12-10-17)21-8-7-20(27-28-21)23(31)26-16(3)4/h5-8,14-17H,9-13H2,1-4H3,(H,25,30)(H,26,31). The van der Waals surface area contributed by atoms with E-state index in [1.165, 1.54) is 0 Å². The van der Waals surface area contributed by atoms with E-state index in [0.29, 0.717) is 29.8 Å². The molecular weight excluding hydrogens is 392 g/mol. The van der Waals surface area contributed by atoms with E-state index < -0.39 is 0 Å². The zero-order valence-electron chi connectivity index (χ0n) is 18.8. The van der Waals surface area contributed by atoms with Crippen LogP contribution in [0.1, 0.15) is 73.0 Å². The van der Waals surface area contributed by atoms with Crippen molar-refractivity contribution >= 4 is 17.6 Å². The Labute approximate surface area is 183 Å². The van der Waals surface area contributed by atoms with Gasteiger partial charge < -0.3 is 15.5 Å². The molecule has 0 radical (unpaired) electrons. The Morgan fingerprint density at radius 3 is 2.26 bits per heavy atom. The largest absolute Gasteiger partial charge is 0.355 e. The first-order chi connectivity index (χ1) is 14.8. The van der Waals surface area contributed by atoms with Crippen LogP contribution in [0.25, 0.3) is 0 Å². The lowest BCUT2D eigenvalue weighted by Crippen LogP contribution is -2.39. The molecule has 2 N–H and O–H groups in total. The maximum absolute atomic E-state index is 12.4. The molecular formula is C23H32N6O2. The number of piperidine rings is 1. The normalized spacial score (nSPS) is 14.7. The zero-order chi connectivity index (χ0) is 22.4. The number of amides is 2. The Hall–Kier alpha value is -3.03. The molecule has 2 aromatic rings. The summed E-state index contributed by atoms with van der Waals surface area (Å²) in [5.41, 5.74) is 1.91. The number of pyridine rings is 1. The molecule has 166 valence electrons. The fourth-order valence-corrected chi connectivity index (χ4v) is 3.53. The number of aromatic nitrogens is 3. The molecule has 0 aliphatic carbocycles. The highest BCUT2D eigenvalue weighted by Gasteiger charge is 2.22. The number of rotatable bonds is 7. The van der Waals surface area contributed by atoms with Crippen molar-refractivity contribution in [2.75, 3.05) is 24.5 Å². The van der Waals surface area contributed by atoms with Gasteiger partial charge in [-0.25, -0.2) is 0 Å². The molecule has 0 unspecified atom stereocenters. The first-order valence-corrected chi connectivity index (χ1v) is 11.0. The second-order valence-corrected chi connectivity index (χ2v) is 8.68. The summed E-state index contributed by atoms with van der Waals surface area (Å²) in [6.45, 7) is 10.3. The molecule has 8 heteroatoms. The molecule has 1 saturated heterocycles. The molecule has 3 rings (SSSR count). The van der Waals surface area contributed by atoms with Crippen molar-refractivity contribution in [1.82, 2.24) is 25.8 Å². The number of anilines is 1. The average Bonchev–Trinajstić information content (AvgIpc) is 2.77. The first-order valence-electron chi connectivity index (χ1n) is 11.0. The van der Waals surface area contributed by atoms with Gasteiger partial charge in [0.1, 0.15) is 5.69 Å². The number of hydrogen-bond donors (Lipinski definition) is 2. The molecule has 0 spiro atoms. The fourth-order valence-electron chi connectivity index (χ4n) is 3.53. The second-order valence-electron chi connectivity index (χ2n) is 8.68. The molecule has 0 atom stereocenters. The van der Waals surface area contributed by atoms with Crippen LogP contribution < -0.4 is 15.5 Å². The van der Waals surface area contributed by atoms with Gasteiger partial charge in [0, 0.05) is 31.9 Å². The maximum Gasteiger partial charge on any atom is 0.271 e. The third-order valence-electron chi connectivity index (χ3n) is 5.48. The lowest BCUT2D eigenvalue weighted by Gasteiger charge is -2.32. The third kappa shape index (κ3) is 6.23. The van der Waals surface area contributed by atoms with Crippen molar-refractivity contribution in [3.05, 3.63) is 47.4 Å². The molecule has 1 fully saturated rings. The Morgan fingerprint density at radius 2 is 1.71 bits per heavy atom. The van der Waals surface area contributed by atoms with Crippen LogP contribution in [0.4, 0.5) is 5.82 Å². The van der Waals surface area contributed by atoms with Gasteiger partial charge in [0.15, 0.2) is 11.5 Å². The maximum atomic E-state index is 12.4. The Morgan fingerprint density at radius 1 is 1.00 bits per heavy atom. The molecule has 0 aromatic carbocycles. The van der Waals surface area contributed by atoms with Gasteiger partial charge in [-0.2, -0.15) is 0 Å². The second kappa shape index (κ2) is 10.3. The van der Waals surface area contributed by atoms with Crippen LogP contribution in [0.5, 0.6) is 0 Å². The van der Waals surface area contributed by atoms with Crippen LogP contribution >= 0.6 is 0 Å². The van der Waals surface area contributed by atoms with Crippen LogP contribution in [0.2, 0.25) is 0 Å². The summed E-state index contributed by atoms with van der Waals surface area (Å²) in [7, 11) is 0. The molecule has 1 aliphatic heterocycles. The van der Waals surface area contributed by atoms with E-state index in [-0.39, 0.29) is 17.9 Å². The van der Waals surface area contributed by atoms with Gasteiger partial charge in [-0.3, -0.25) is 14.6 Å². The van der Waals surface area contributed by atoms with Gasteiger partial charge in [-0.05, 0) is 62.3 Å². The van der Waals surface area contributed by atoms with Crippen molar-refractivity contribution in [2.45, 2.75) is 52.5 Å². The lowest BCUT2D eigenvalue weighted by atomic mass is 9.96. The highest BCUT2D eigenvalue weighted by atomic mass is 16.2. The van der Waals surface area contributed by atoms with Gasteiger partial charge in [0.2, 0.25) is 0 Å². The van der Waals surface area contributed by atoms with E-state index in [2.05, 4.69) is 44.6 Å². The number of carbonyl (C=O) groups excluding carboxylic acids is 2. The van der Waals surface area contributed by atoms with Gasteiger partial charge in [-0.15, -0.1) is 10.2 Å². The Kier molecular flexibility index (Phi) is 7.55. The van der Waals surface area contributed by atoms with Gasteiger partial charge in [0.25, 0.3) is 11.8 Å². The van der Waals surface area contributed by atoms with Crippen LogP contribution in [-0.4, -0.2) is 52.7 Å². The van der Waals surface area contributed by atoms with Crippen LogP contribution in [0.15, 0.2) is 30.5 Å². The Balaban J connectivity index is 1.45. The first kappa shape index (κ1) is 22.7. The monoisotopic (exact) mass is 424 g/mol. The number of hydrogen-bond acceptors (Lipinski definition) is 6. The van der Waals surface area contributed by atoms with Gasteiger partial charge in [0.05, 0.1) is 0 Å². The number of nitrogens with one attached hydrogen (secondary N) is 2. The van der Waals surface area contributed by atoms with E-state index in [9.17, 15) is 9.59 Å². The summed E-state index contributed by atoms with van der Waals surface area (Å²) in [6.07, 6.45) is 3.69. The number of nitrogens with zero attached hydrogens (tertiary/aromatic N) is 4. The molecule has 3 heterocycles. The predicted octanol–water partition coefficient (Wildman–Crippen LogP) is 2.78. The zero-order valence-corrected chi connectivity index (χ0v) is 18.8. The van der Waals surface area contributed by atoms with E-state index >= 15 is 0 Å². The SMILES string of the molecule is CC(C)NC(=O)c1ccc(N2CCC(CNC(=O)c3ccc(C(C)C)cn3)CC2)nn1. The van der Waals surface area contributed by atoms with Crippen LogP contribution in [-0.2, 0) is 0 Å². The number of carbonyl (C=O) groups is 2. The van der Waals surface area contributed by atoms with Crippen molar-refractivity contribution in [3.63, 3.8) is 0 Å². The van der Waals surface area contributed by atoms with Crippen molar-refractivity contribution in [1.29, 1.82) is 0 Å². The minimum absolute atomic E-state index is 0.0590. The molecule has 0 saturated carbocycles. The van der Waals surface area contributed by atoms with Gasteiger partial charge in [-0.1, -0.05) is 19.9 Å². The van der Waals surface area contributed by atoms with Crippen LogP contribution in [0, 0.1) is 5.92 Å². The van der Waals surface area contributed by atoms with E-state index in [0.717, 1.165) is 37.3 Å². The van der Waals surface area contributed by atoms with Crippen molar-refractivity contribution in [2.24, 2.45) is 5.92 Å². The molecule has 0 bridgehead atoms. The fraction of sp³-hybridized carbons (Fsp3) is 0.522. The highest BCUT2D eigenvalue weighted by Crippen LogP contribution is 2.21. The molecule has 2 aromatic heterocycles. The molecule has 31 heavy (non-hydrogen) atoms. The molecule has 1 aliphatic rings. The topological polar surface area (TPSA) is 100 Å². The summed E-state index contributed by atoms with van der Waals surface area (Å²) in [5, 5.41) is 14.1. The summed E-state index contributed by atoms with van der Waals surface area (Å²) >= 11 is 0. The van der Waals surface area contributed by atoms with Crippen LogP contribution in [0.3, 0.4) is 0 Å². The summed E-state index contributed by atoms with van der Waals surface area (Å²) in [6, 6.07) is 7.37. The molecule has 8 nitrogen and oxygen atoms in total. The van der Waals surface area contributed by atoms with Gasteiger partial charge >= 0.3 is 0 Å². The average molecular weight is 425 g/mol. The predicted molar refractivity (Wildman–Crippen MR) is 120 cm³/mol. The minimum atomic E-state index is -0.211. The van der Waals surface area contributed by atoms with Crippen molar-refractivity contribution < 1.29 is 9.59 Å². The quantitative estimate of drug-likeness (QED) is 0.709. The Bertz CT molecular complexity index is 872. The summed E-state index contributed by atoms with van der Waals surface area (Å²) < 4.78 is 0. The summed E-state index contributed by atoms with van der Waals surface area (Å²) in [5.74, 6) is 1.25. The van der Waals surface area contributed by atoms with E-state index in [1.807, 2.05) is 26.0 Å². The molecule has 2 amide bonds. The van der Waals surface area contributed by atoms with E-state index in [1.54, 1.807) is 18.3 Å². The minimum Gasteiger partial charge on any atom is -0.355 e. The van der Waals surface area contributed by atoms with Crippen molar-refractivity contribution in [3.8, 4) is 0 Å². The smallest absolute Gasteiger partial charge is 0.271 e. The summed E-state index contributed by atoms with van der Waals surface area (Å²) in [4.78, 5) is 30.8. The highest BCUT2D eigenvalue weighted by molar-refractivity contribution is 5.92. The lowest BCUT2D eigenvalue weighted by molar-refractivity contribution is 0.0929. The third-order valence-corrected chi connectivity index (χ3v) is 5.48.